The highest BCUT2D eigenvalue weighted by atomic mass is 32.1. The maximum Gasteiger partial charge on any atom is 0.266 e. The van der Waals surface area contributed by atoms with E-state index in [0.717, 1.165) is 16.0 Å². The average molecular weight is 502 g/mol. The number of nitrogens with zero attached hydrogens (tertiary/aromatic N) is 2. The zero-order valence-electron chi connectivity index (χ0n) is 19.6. The van der Waals surface area contributed by atoms with Crippen LogP contribution >= 0.6 is 11.3 Å². The van der Waals surface area contributed by atoms with E-state index < -0.39 is 23.5 Å². The number of nitrogens with one attached hydrogen (secondary N) is 1. The second kappa shape index (κ2) is 9.01. The summed E-state index contributed by atoms with van der Waals surface area (Å²) in [6.45, 7) is 3.72. The summed E-state index contributed by atoms with van der Waals surface area (Å²) < 4.78 is 19.0. The fourth-order valence-electron chi connectivity index (χ4n) is 4.02. The number of benzene rings is 3. The number of hydrogen-bond donors (Lipinski definition) is 1. The summed E-state index contributed by atoms with van der Waals surface area (Å²) in [5.74, 6) is -1.77. The number of aromatic nitrogens is 1. The van der Waals surface area contributed by atoms with Crippen LogP contribution in [0.25, 0.3) is 11.3 Å². The molecule has 36 heavy (non-hydrogen) atoms. The van der Waals surface area contributed by atoms with Crippen LogP contribution < -0.4 is 15.0 Å². The van der Waals surface area contributed by atoms with Crippen LogP contribution in [0.3, 0.4) is 0 Å². The normalized spacial score (nSPS) is 12.6. The smallest absolute Gasteiger partial charge is 0.266 e. The van der Waals surface area contributed by atoms with Gasteiger partial charge < -0.3 is 4.74 Å². The summed E-state index contributed by atoms with van der Waals surface area (Å²) in [7, 11) is 1.39. The monoisotopic (exact) mass is 501 g/mol. The lowest BCUT2D eigenvalue weighted by atomic mass is 10.1. The van der Waals surface area contributed by atoms with Gasteiger partial charge in [0, 0.05) is 16.5 Å². The van der Waals surface area contributed by atoms with Crippen molar-refractivity contribution in [2.75, 3.05) is 17.3 Å². The van der Waals surface area contributed by atoms with Crippen LogP contribution in [0.2, 0.25) is 0 Å². The standard InChI is InChI=1S/C27H20FN3O4S/c1-14-4-5-15(2)22(10-14)31-25(33)18-8-6-17(11-19(18)26(31)34)24(32)30-27-29-21(13-36-27)16-7-9-23(35-3)20(28)12-16/h4-13H,1-3H3,(H,29,30,32). The first-order valence-corrected chi connectivity index (χ1v) is 11.9. The maximum atomic E-state index is 14.0. The lowest BCUT2D eigenvalue weighted by Gasteiger charge is -2.17. The molecule has 4 aromatic rings. The molecule has 0 radical (unpaired) electrons. The molecule has 3 aromatic carbocycles. The van der Waals surface area contributed by atoms with Crippen molar-refractivity contribution in [2.45, 2.75) is 13.8 Å². The summed E-state index contributed by atoms with van der Waals surface area (Å²) in [4.78, 5) is 44.6. The summed E-state index contributed by atoms with van der Waals surface area (Å²) in [6, 6.07) is 14.5. The van der Waals surface area contributed by atoms with E-state index in [-0.39, 0.29) is 22.4 Å². The van der Waals surface area contributed by atoms with Crippen molar-refractivity contribution >= 4 is 39.9 Å². The largest absolute Gasteiger partial charge is 0.494 e. The van der Waals surface area contributed by atoms with E-state index in [1.165, 1.54) is 48.8 Å². The van der Waals surface area contributed by atoms with Gasteiger partial charge in [-0.3, -0.25) is 19.7 Å². The predicted octanol–water partition coefficient (Wildman–Crippen LogP) is 5.63. The molecule has 0 aliphatic carbocycles. The zero-order chi connectivity index (χ0) is 25.6. The third-order valence-corrected chi connectivity index (χ3v) is 6.68. The van der Waals surface area contributed by atoms with Gasteiger partial charge in [0.2, 0.25) is 0 Å². The summed E-state index contributed by atoms with van der Waals surface area (Å²) in [5, 5.41) is 4.71. The van der Waals surface area contributed by atoms with Crippen molar-refractivity contribution in [1.82, 2.24) is 4.98 Å². The Morgan fingerprint density at radius 3 is 2.53 bits per heavy atom. The highest BCUT2D eigenvalue weighted by Crippen LogP contribution is 2.32. The highest BCUT2D eigenvalue weighted by Gasteiger charge is 2.37. The molecular weight excluding hydrogens is 481 g/mol. The molecule has 0 saturated heterocycles. The van der Waals surface area contributed by atoms with Gasteiger partial charge in [-0.25, -0.2) is 14.3 Å². The summed E-state index contributed by atoms with van der Waals surface area (Å²) in [5.41, 5.74) is 3.91. The van der Waals surface area contributed by atoms with Crippen LogP contribution in [0, 0.1) is 19.7 Å². The van der Waals surface area contributed by atoms with Crippen molar-refractivity contribution in [3.8, 4) is 17.0 Å². The van der Waals surface area contributed by atoms with E-state index in [0.29, 0.717) is 22.1 Å². The number of aryl methyl sites for hydroxylation is 2. The van der Waals surface area contributed by atoms with Gasteiger partial charge in [-0.1, -0.05) is 12.1 Å². The summed E-state index contributed by atoms with van der Waals surface area (Å²) in [6.07, 6.45) is 0. The van der Waals surface area contributed by atoms with Crippen LogP contribution in [-0.4, -0.2) is 29.8 Å². The fraction of sp³-hybridized carbons (Fsp3) is 0.111. The van der Waals surface area contributed by atoms with Gasteiger partial charge in [-0.05, 0) is 67.4 Å². The minimum atomic E-state index is -0.513. The number of rotatable bonds is 5. The third kappa shape index (κ3) is 4.03. The zero-order valence-corrected chi connectivity index (χ0v) is 20.4. The average Bonchev–Trinajstić information content (AvgIpc) is 3.43. The number of imide groups is 1. The fourth-order valence-corrected chi connectivity index (χ4v) is 4.73. The molecule has 0 atom stereocenters. The summed E-state index contributed by atoms with van der Waals surface area (Å²) >= 11 is 1.18. The van der Waals surface area contributed by atoms with Crippen molar-refractivity contribution in [3.05, 3.63) is 93.6 Å². The number of anilines is 2. The third-order valence-electron chi connectivity index (χ3n) is 5.93. The lowest BCUT2D eigenvalue weighted by molar-refractivity contribution is 0.0925. The van der Waals surface area contributed by atoms with Crippen molar-refractivity contribution in [3.63, 3.8) is 0 Å². The van der Waals surface area contributed by atoms with E-state index in [2.05, 4.69) is 10.3 Å². The number of carbonyl (C=O) groups is 3. The molecule has 1 N–H and O–H groups in total. The van der Waals surface area contributed by atoms with E-state index >= 15 is 0 Å². The van der Waals surface area contributed by atoms with E-state index in [4.69, 9.17) is 4.74 Å². The molecule has 9 heteroatoms. The number of carbonyl (C=O) groups excluding carboxylic acids is 3. The minimum Gasteiger partial charge on any atom is -0.494 e. The lowest BCUT2D eigenvalue weighted by Crippen LogP contribution is -2.30. The first-order valence-electron chi connectivity index (χ1n) is 11.0. The van der Waals surface area contributed by atoms with Gasteiger partial charge in [-0.2, -0.15) is 0 Å². The number of halogens is 1. The van der Waals surface area contributed by atoms with E-state index in [1.54, 1.807) is 17.5 Å². The molecule has 0 saturated carbocycles. The Labute approximate surface area is 210 Å². The van der Waals surface area contributed by atoms with Gasteiger partial charge in [0.1, 0.15) is 0 Å². The van der Waals surface area contributed by atoms with Crippen LogP contribution in [0.5, 0.6) is 5.75 Å². The van der Waals surface area contributed by atoms with Crippen molar-refractivity contribution in [1.29, 1.82) is 0 Å². The van der Waals surface area contributed by atoms with Crippen molar-refractivity contribution in [2.24, 2.45) is 0 Å². The van der Waals surface area contributed by atoms with Gasteiger partial charge in [0.15, 0.2) is 16.7 Å². The molecule has 7 nitrogen and oxygen atoms in total. The number of ether oxygens (including phenoxy) is 1. The van der Waals surface area contributed by atoms with Gasteiger partial charge in [-0.15, -0.1) is 11.3 Å². The molecule has 3 amide bonds. The number of thiazole rings is 1. The Hall–Kier alpha value is -4.37. The van der Waals surface area contributed by atoms with Gasteiger partial charge >= 0.3 is 0 Å². The molecule has 0 fully saturated rings. The maximum absolute atomic E-state index is 14.0. The molecule has 1 aliphatic rings. The predicted molar refractivity (Wildman–Crippen MR) is 136 cm³/mol. The van der Waals surface area contributed by atoms with E-state index in [1.807, 2.05) is 26.0 Å². The quantitative estimate of drug-likeness (QED) is 0.358. The number of hydrogen-bond acceptors (Lipinski definition) is 6. The minimum absolute atomic E-state index is 0.128. The van der Waals surface area contributed by atoms with Crippen LogP contribution in [0.15, 0.2) is 60.0 Å². The number of amides is 3. The Morgan fingerprint density at radius 2 is 1.78 bits per heavy atom. The highest BCUT2D eigenvalue weighted by molar-refractivity contribution is 7.14. The Bertz CT molecular complexity index is 1560. The topological polar surface area (TPSA) is 88.6 Å². The van der Waals surface area contributed by atoms with Gasteiger partial charge in [0.05, 0.1) is 29.6 Å². The second-order valence-electron chi connectivity index (χ2n) is 8.34. The number of methoxy groups -OCH3 is 1. The SMILES string of the molecule is COc1ccc(-c2csc(NC(=O)c3ccc4c(c3)C(=O)N(c3cc(C)ccc3C)C4=O)n2)cc1F. The number of fused-ring (bicyclic) bond motifs is 1. The molecule has 180 valence electrons. The molecule has 0 unspecified atom stereocenters. The van der Waals surface area contributed by atoms with Gasteiger partial charge in [0.25, 0.3) is 17.7 Å². The Kier molecular flexibility index (Phi) is 5.85. The molecule has 1 aromatic heterocycles. The molecule has 5 rings (SSSR count). The van der Waals surface area contributed by atoms with Crippen LogP contribution in [0.4, 0.5) is 15.2 Å². The van der Waals surface area contributed by atoms with Crippen LogP contribution in [0.1, 0.15) is 42.2 Å². The second-order valence-corrected chi connectivity index (χ2v) is 9.20. The molecular formula is C27H20FN3O4S. The molecule has 2 heterocycles. The van der Waals surface area contributed by atoms with Crippen molar-refractivity contribution < 1.29 is 23.5 Å². The molecule has 0 bridgehead atoms. The molecule has 1 aliphatic heterocycles. The first kappa shape index (κ1) is 23.4. The Morgan fingerprint density at radius 1 is 1.00 bits per heavy atom. The Balaban J connectivity index is 1.37. The first-order chi connectivity index (χ1) is 17.3. The van der Waals surface area contributed by atoms with E-state index in [9.17, 15) is 18.8 Å². The van der Waals surface area contributed by atoms with Crippen LogP contribution in [-0.2, 0) is 0 Å². The molecule has 0 spiro atoms.